The molecule has 1 atom stereocenters. The van der Waals surface area contributed by atoms with Crippen LogP contribution in [0.25, 0.3) is 16.6 Å². The number of aromatic nitrogens is 3. The predicted molar refractivity (Wildman–Crippen MR) is 103 cm³/mol. The normalized spacial score (nSPS) is 12.2. The molecule has 2 heterocycles. The zero-order valence-electron chi connectivity index (χ0n) is 14.7. The number of nitriles is 1. The third-order valence-corrected chi connectivity index (χ3v) is 4.15. The van der Waals surface area contributed by atoms with Crippen molar-refractivity contribution in [1.29, 1.82) is 10.7 Å². The highest BCUT2D eigenvalue weighted by Gasteiger charge is 2.12. The summed E-state index contributed by atoms with van der Waals surface area (Å²) in [7, 11) is 0. The van der Waals surface area contributed by atoms with Crippen molar-refractivity contribution in [2.24, 2.45) is 0 Å². The molecule has 28 heavy (non-hydrogen) atoms. The van der Waals surface area contributed by atoms with E-state index < -0.39 is 12.1 Å². The number of nitrogens with one attached hydrogen (secondary N) is 3. The lowest BCUT2D eigenvalue weighted by Gasteiger charge is -2.17. The van der Waals surface area contributed by atoms with Crippen molar-refractivity contribution < 1.29 is 8.78 Å². The summed E-state index contributed by atoms with van der Waals surface area (Å²) in [4.78, 5) is 11.3. The molecule has 0 fully saturated rings. The smallest absolute Gasteiger partial charge is 0.266 e. The summed E-state index contributed by atoms with van der Waals surface area (Å²) in [6.07, 6.45) is 4.88. The second-order valence-electron chi connectivity index (χ2n) is 5.89. The van der Waals surface area contributed by atoms with Crippen molar-refractivity contribution in [3.63, 3.8) is 0 Å². The standard InChI is InChI=1S/C20H16F2N6/c21-18(22)5-4-17(14-3-1-2-13(8-14)9-23)26-11-15(10-24)19-16-6-7-25-20(16)28-12-27-19/h1-3,5-8,10-12,17,24,26H,4H2,(H,25,27,28)/b15-11+,24-10?. The Balaban J connectivity index is 1.94. The van der Waals surface area contributed by atoms with Crippen LogP contribution in [0.5, 0.6) is 0 Å². The number of fused-ring (bicyclic) bond motifs is 1. The zero-order chi connectivity index (χ0) is 19.9. The molecule has 3 N–H and O–H groups in total. The first kappa shape index (κ1) is 18.9. The van der Waals surface area contributed by atoms with Gasteiger partial charge in [0.1, 0.15) is 12.0 Å². The molecule has 1 aromatic carbocycles. The maximum absolute atomic E-state index is 12.6. The van der Waals surface area contributed by atoms with Gasteiger partial charge in [0.05, 0.1) is 23.4 Å². The van der Waals surface area contributed by atoms with Gasteiger partial charge in [-0.1, -0.05) is 12.1 Å². The van der Waals surface area contributed by atoms with Crippen LogP contribution in [-0.2, 0) is 0 Å². The Hall–Kier alpha value is -3.86. The number of rotatable bonds is 7. The average molecular weight is 378 g/mol. The van der Waals surface area contributed by atoms with E-state index in [0.717, 1.165) is 17.7 Å². The van der Waals surface area contributed by atoms with Crippen molar-refractivity contribution in [3.8, 4) is 6.07 Å². The number of hydrogen-bond acceptors (Lipinski definition) is 5. The van der Waals surface area contributed by atoms with E-state index in [2.05, 4.69) is 20.3 Å². The number of hydrogen-bond donors (Lipinski definition) is 3. The predicted octanol–water partition coefficient (Wildman–Crippen LogP) is 4.32. The van der Waals surface area contributed by atoms with Crippen molar-refractivity contribution in [1.82, 2.24) is 20.3 Å². The van der Waals surface area contributed by atoms with Gasteiger partial charge in [0, 0.05) is 29.6 Å². The lowest BCUT2D eigenvalue weighted by Crippen LogP contribution is -2.16. The quantitative estimate of drug-likeness (QED) is 0.533. The fourth-order valence-electron chi connectivity index (χ4n) is 2.80. The Morgan fingerprint density at radius 2 is 2.18 bits per heavy atom. The number of benzene rings is 1. The van der Waals surface area contributed by atoms with E-state index in [4.69, 9.17) is 10.7 Å². The van der Waals surface area contributed by atoms with E-state index in [-0.39, 0.29) is 6.42 Å². The fraction of sp³-hybridized carbons (Fsp3) is 0.100. The SMILES string of the molecule is N#Cc1cccc(C(CC=C(F)F)N/C=C(\C=N)c2ncnc3[nH]ccc23)c1. The molecule has 140 valence electrons. The molecule has 6 nitrogen and oxygen atoms in total. The highest BCUT2D eigenvalue weighted by molar-refractivity contribution is 6.11. The summed E-state index contributed by atoms with van der Waals surface area (Å²) < 4.78 is 25.3. The lowest BCUT2D eigenvalue weighted by atomic mass is 10.0. The number of H-pyrrole nitrogens is 1. The van der Waals surface area contributed by atoms with Gasteiger partial charge in [0.15, 0.2) is 0 Å². The number of allylic oxidation sites excluding steroid dienone is 1. The van der Waals surface area contributed by atoms with Gasteiger partial charge in [-0.25, -0.2) is 9.97 Å². The van der Waals surface area contributed by atoms with Gasteiger partial charge >= 0.3 is 0 Å². The van der Waals surface area contributed by atoms with Gasteiger partial charge in [-0.2, -0.15) is 14.0 Å². The highest BCUT2D eigenvalue weighted by Crippen LogP contribution is 2.23. The Kier molecular flexibility index (Phi) is 5.87. The summed E-state index contributed by atoms with van der Waals surface area (Å²) in [5.41, 5.74) is 2.78. The third-order valence-electron chi connectivity index (χ3n) is 4.15. The minimum atomic E-state index is -1.77. The third kappa shape index (κ3) is 4.27. The molecule has 0 bridgehead atoms. The van der Waals surface area contributed by atoms with Crippen LogP contribution in [0.3, 0.4) is 0 Å². The summed E-state index contributed by atoms with van der Waals surface area (Å²) in [6.45, 7) is 0. The topological polar surface area (TPSA) is 101 Å². The highest BCUT2D eigenvalue weighted by atomic mass is 19.3. The Morgan fingerprint density at radius 3 is 2.93 bits per heavy atom. The zero-order valence-corrected chi connectivity index (χ0v) is 14.7. The summed E-state index contributed by atoms with van der Waals surface area (Å²) >= 11 is 0. The summed E-state index contributed by atoms with van der Waals surface area (Å²) in [6, 6.07) is 10.1. The van der Waals surface area contributed by atoms with Gasteiger partial charge in [-0.3, -0.25) is 0 Å². The van der Waals surface area contributed by atoms with Crippen molar-refractivity contribution in [2.75, 3.05) is 0 Å². The first-order chi connectivity index (χ1) is 13.6. The molecular weight excluding hydrogens is 362 g/mol. The molecule has 8 heteroatoms. The Labute approximate surface area is 159 Å². The van der Waals surface area contributed by atoms with Gasteiger partial charge in [-0.15, -0.1) is 0 Å². The average Bonchev–Trinajstić information content (AvgIpc) is 3.20. The van der Waals surface area contributed by atoms with E-state index in [1.54, 1.807) is 42.7 Å². The molecule has 3 aromatic rings. The van der Waals surface area contributed by atoms with Crippen LogP contribution in [0.15, 0.2) is 61.2 Å². The second-order valence-corrected chi connectivity index (χ2v) is 5.89. The molecule has 0 aliphatic rings. The van der Waals surface area contributed by atoms with E-state index >= 15 is 0 Å². The molecular formula is C20H16F2N6. The number of halogens is 2. The molecule has 0 saturated carbocycles. The van der Waals surface area contributed by atoms with Gasteiger partial charge in [0.25, 0.3) is 6.08 Å². The number of aromatic amines is 1. The van der Waals surface area contributed by atoms with E-state index in [0.29, 0.717) is 28.0 Å². The van der Waals surface area contributed by atoms with Crippen LogP contribution in [0.2, 0.25) is 0 Å². The molecule has 0 aliphatic carbocycles. The summed E-state index contributed by atoms with van der Waals surface area (Å²) in [5, 5.41) is 20.6. The maximum Gasteiger partial charge on any atom is 0.266 e. The Morgan fingerprint density at radius 1 is 1.32 bits per heavy atom. The maximum atomic E-state index is 12.6. The van der Waals surface area contributed by atoms with Crippen molar-refractivity contribution >= 4 is 22.8 Å². The molecule has 0 saturated heterocycles. The van der Waals surface area contributed by atoms with Crippen LogP contribution >= 0.6 is 0 Å². The van der Waals surface area contributed by atoms with Crippen LogP contribution in [0.4, 0.5) is 8.78 Å². The first-order valence-electron chi connectivity index (χ1n) is 8.38. The fourth-order valence-corrected chi connectivity index (χ4v) is 2.80. The lowest BCUT2D eigenvalue weighted by molar-refractivity contribution is 0.414. The van der Waals surface area contributed by atoms with Gasteiger partial charge in [-0.05, 0) is 36.3 Å². The molecule has 2 aromatic heterocycles. The minimum absolute atomic E-state index is 0.0162. The second kappa shape index (κ2) is 8.68. The van der Waals surface area contributed by atoms with Crippen molar-refractivity contribution in [3.05, 3.63) is 78.0 Å². The summed E-state index contributed by atoms with van der Waals surface area (Å²) in [5.74, 6) is 0. The molecule has 0 aliphatic heterocycles. The minimum Gasteiger partial charge on any atom is -0.383 e. The van der Waals surface area contributed by atoms with E-state index in [9.17, 15) is 8.78 Å². The molecule has 3 rings (SSSR count). The van der Waals surface area contributed by atoms with Gasteiger partial charge in [0.2, 0.25) is 0 Å². The molecule has 0 spiro atoms. The monoisotopic (exact) mass is 378 g/mol. The number of nitrogens with zero attached hydrogens (tertiary/aromatic N) is 3. The van der Waals surface area contributed by atoms with Crippen molar-refractivity contribution in [2.45, 2.75) is 12.5 Å². The van der Waals surface area contributed by atoms with E-state index in [1.807, 2.05) is 6.07 Å². The van der Waals surface area contributed by atoms with Crippen LogP contribution in [0.1, 0.15) is 29.3 Å². The van der Waals surface area contributed by atoms with E-state index in [1.165, 1.54) is 6.33 Å². The molecule has 0 radical (unpaired) electrons. The van der Waals surface area contributed by atoms with Gasteiger partial charge < -0.3 is 15.7 Å². The largest absolute Gasteiger partial charge is 0.383 e. The molecule has 1 unspecified atom stereocenters. The van der Waals surface area contributed by atoms with Crippen LogP contribution in [0, 0.1) is 16.7 Å². The van der Waals surface area contributed by atoms with Crippen LogP contribution in [-0.4, -0.2) is 21.2 Å². The Bertz CT molecular complexity index is 1090. The molecule has 0 amide bonds. The van der Waals surface area contributed by atoms with Crippen LogP contribution < -0.4 is 5.32 Å². The first-order valence-corrected chi connectivity index (χ1v) is 8.38.